The molecule has 0 aromatic heterocycles. The minimum absolute atomic E-state index is 0.514. The topological polar surface area (TPSA) is 124 Å². The Bertz CT molecular complexity index is 446. The van der Waals surface area contributed by atoms with E-state index in [0.29, 0.717) is 0 Å². The summed E-state index contributed by atoms with van der Waals surface area (Å²) in [6.45, 7) is 13.8. The van der Waals surface area contributed by atoms with Crippen molar-refractivity contribution in [2.45, 2.75) is 78.7 Å². The molecule has 0 saturated carbocycles. The van der Waals surface area contributed by atoms with Gasteiger partial charge in [0.15, 0.2) is 0 Å². The lowest BCUT2D eigenvalue weighted by molar-refractivity contribution is 0.0507. The highest BCUT2D eigenvalue weighted by molar-refractivity contribution is 5.68. The van der Waals surface area contributed by atoms with E-state index in [9.17, 15) is 9.59 Å². The van der Waals surface area contributed by atoms with Gasteiger partial charge >= 0.3 is 12.2 Å². The highest BCUT2D eigenvalue weighted by atomic mass is 16.6. The van der Waals surface area contributed by atoms with Crippen molar-refractivity contribution in [3.8, 4) is 12.1 Å². The van der Waals surface area contributed by atoms with Crippen molar-refractivity contribution in [2.24, 2.45) is 0 Å². The number of nitriles is 2. The fraction of sp³-hybridized carbons (Fsp3) is 0.750. The van der Waals surface area contributed by atoms with Crippen LogP contribution >= 0.6 is 0 Å². The molecule has 8 heteroatoms. The molecule has 0 bridgehead atoms. The van der Waals surface area contributed by atoms with Gasteiger partial charge in [-0.1, -0.05) is 0 Å². The summed E-state index contributed by atoms with van der Waals surface area (Å²) in [7, 11) is 0. The van der Waals surface area contributed by atoms with E-state index < -0.39 is 35.5 Å². The zero-order valence-electron chi connectivity index (χ0n) is 15.7. The Balaban J connectivity index is 0. The molecule has 24 heavy (non-hydrogen) atoms. The van der Waals surface area contributed by atoms with E-state index in [-0.39, 0.29) is 0 Å². The first-order valence-corrected chi connectivity index (χ1v) is 7.48. The Kier molecular flexibility index (Phi) is 10.2. The van der Waals surface area contributed by atoms with E-state index in [4.69, 9.17) is 20.0 Å². The largest absolute Gasteiger partial charge is 0.444 e. The van der Waals surface area contributed by atoms with Crippen molar-refractivity contribution in [1.82, 2.24) is 10.6 Å². The Morgan fingerprint density at radius 2 is 1.04 bits per heavy atom. The van der Waals surface area contributed by atoms with Crippen LogP contribution in [0.4, 0.5) is 9.59 Å². The van der Waals surface area contributed by atoms with Gasteiger partial charge in [0.25, 0.3) is 0 Å². The van der Waals surface area contributed by atoms with E-state index in [2.05, 4.69) is 10.6 Å². The summed E-state index contributed by atoms with van der Waals surface area (Å²) < 4.78 is 9.82. The third-order valence-electron chi connectivity index (χ3n) is 1.85. The molecule has 0 heterocycles. The standard InChI is InChI=1S/2C8H14N2O2/c2*1-6(5-9)10-7(11)12-8(2,3)4/h2*6H,1-4H3,(H,10,11)/t2*6-/m00/s1. The predicted molar refractivity (Wildman–Crippen MR) is 88.9 cm³/mol. The van der Waals surface area contributed by atoms with Gasteiger partial charge in [-0.2, -0.15) is 10.5 Å². The number of nitrogens with zero attached hydrogens (tertiary/aromatic N) is 2. The van der Waals surface area contributed by atoms with Gasteiger partial charge in [0.05, 0.1) is 12.1 Å². The van der Waals surface area contributed by atoms with Crippen molar-refractivity contribution in [3.05, 3.63) is 0 Å². The van der Waals surface area contributed by atoms with Crippen LogP contribution < -0.4 is 10.6 Å². The molecule has 2 atom stereocenters. The van der Waals surface area contributed by atoms with Crippen LogP contribution in [-0.2, 0) is 9.47 Å². The van der Waals surface area contributed by atoms with Gasteiger partial charge in [-0.15, -0.1) is 0 Å². The van der Waals surface area contributed by atoms with Gasteiger partial charge in [0.2, 0.25) is 0 Å². The van der Waals surface area contributed by atoms with Gasteiger partial charge in [-0.25, -0.2) is 9.59 Å². The van der Waals surface area contributed by atoms with Crippen molar-refractivity contribution >= 4 is 12.2 Å². The minimum Gasteiger partial charge on any atom is -0.444 e. The maximum atomic E-state index is 10.9. The predicted octanol–water partition coefficient (Wildman–Crippen LogP) is 2.85. The van der Waals surface area contributed by atoms with Crippen LogP contribution in [0.15, 0.2) is 0 Å². The maximum absolute atomic E-state index is 10.9. The lowest BCUT2D eigenvalue weighted by Gasteiger charge is -2.20. The van der Waals surface area contributed by atoms with E-state index in [1.807, 2.05) is 12.1 Å². The molecule has 0 unspecified atom stereocenters. The second-order valence-electron chi connectivity index (χ2n) is 6.99. The average Bonchev–Trinajstić information content (AvgIpc) is 2.34. The highest BCUT2D eigenvalue weighted by Gasteiger charge is 2.17. The number of ether oxygens (including phenoxy) is 2. The zero-order valence-corrected chi connectivity index (χ0v) is 15.7. The van der Waals surface area contributed by atoms with E-state index >= 15 is 0 Å². The first-order chi connectivity index (χ1) is 10.7. The van der Waals surface area contributed by atoms with Crippen LogP contribution in [0, 0.1) is 22.7 Å². The number of nitrogens with one attached hydrogen (secondary N) is 2. The van der Waals surface area contributed by atoms with Crippen molar-refractivity contribution in [2.75, 3.05) is 0 Å². The number of rotatable bonds is 2. The summed E-state index contributed by atoms with van der Waals surface area (Å²) in [5, 5.41) is 21.5. The summed E-state index contributed by atoms with van der Waals surface area (Å²) >= 11 is 0. The number of carbonyl (C=O) groups is 2. The zero-order chi connectivity index (χ0) is 19.6. The molecule has 0 rings (SSSR count). The maximum Gasteiger partial charge on any atom is 0.408 e. The molecule has 0 aliphatic rings. The molecule has 0 radical (unpaired) electrons. The fourth-order valence-electron chi connectivity index (χ4n) is 1.03. The number of alkyl carbamates (subject to hydrolysis) is 2. The molecule has 0 aliphatic heterocycles. The summed E-state index contributed by atoms with van der Waals surface area (Å²) in [4.78, 5) is 21.9. The van der Waals surface area contributed by atoms with Crippen LogP contribution in [0.25, 0.3) is 0 Å². The molecule has 8 nitrogen and oxygen atoms in total. The molecule has 0 aromatic carbocycles. The van der Waals surface area contributed by atoms with Crippen LogP contribution in [-0.4, -0.2) is 35.5 Å². The summed E-state index contributed by atoms with van der Waals surface area (Å²) in [5.74, 6) is 0. The molecule has 2 N–H and O–H groups in total. The van der Waals surface area contributed by atoms with Crippen molar-refractivity contribution in [1.29, 1.82) is 10.5 Å². The van der Waals surface area contributed by atoms with Gasteiger partial charge in [0.1, 0.15) is 23.3 Å². The molecular formula is C16H28N4O4. The lowest BCUT2D eigenvalue weighted by Crippen LogP contribution is -2.36. The first-order valence-electron chi connectivity index (χ1n) is 7.48. The van der Waals surface area contributed by atoms with Crippen LogP contribution in [0.3, 0.4) is 0 Å². The molecule has 0 aliphatic carbocycles. The van der Waals surface area contributed by atoms with Gasteiger partial charge in [-0.05, 0) is 55.4 Å². The third kappa shape index (κ3) is 17.6. The minimum atomic E-state index is -0.559. The second-order valence-corrected chi connectivity index (χ2v) is 6.99. The molecule has 0 fully saturated rings. The molecule has 0 saturated heterocycles. The molecular weight excluding hydrogens is 312 g/mol. The van der Waals surface area contributed by atoms with Crippen LogP contribution in [0.2, 0.25) is 0 Å². The third-order valence-corrected chi connectivity index (χ3v) is 1.85. The summed E-state index contributed by atoms with van der Waals surface area (Å²) in [6.07, 6.45) is -1.12. The molecule has 2 amide bonds. The highest BCUT2D eigenvalue weighted by Crippen LogP contribution is 2.07. The normalized spacial score (nSPS) is 12.9. The quantitative estimate of drug-likeness (QED) is 0.796. The smallest absolute Gasteiger partial charge is 0.408 e. The molecule has 0 aromatic rings. The van der Waals surface area contributed by atoms with Gasteiger partial charge in [0, 0.05) is 0 Å². The Morgan fingerprint density at radius 3 is 1.21 bits per heavy atom. The van der Waals surface area contributed by atoms with Gasteiger partial charge in [-0.3, -0.25) is 0 Å². The van der Waals surface area contributed by atoms with Crippen molar-refractivity contribution in [3.63, 3.8) is 0 Å². The number of carbonyl (C=O) groups excluding carboxylic acids is 2. The SMILES string of the molecule is C[C@@H](C#N)NC(=O)OC(C)(C)C.C[C@@H](C#N)NC(=O)OC(C)(C)C. The van der Waals surface area contributed by atoms with Crippen LogP contribution in [0.5, 0.6) is 0 Å². The van der Waals surface area contributed by atoms with E-state index in [0.717, 1.165) is 0 Å². The van der Waals surface area contributed by atoms with Crippen LogP contribution in [0.1, 0.15) is 55.4 Å². The Labute approximate surface area is 144 Å². The average molecular weight is 340 g/mol. The summed E-state index contributed by atoms with van der Waals surface area (Å²) in [6, 6.07) is 2.71. The number of amides is 2. The lowest BCUT2D eigenvalue weighted by atomic mass is 10.2. The Morgan fingerprint density at radius 1 is 0.792 bits per heavy atom. The number of hydrogen-bond acceptors (Lipinski definition) is 6. The first kappa shape index (κ1) is 23.8. The molecule has 136 valence electrons. The van der Waals surface area contributed by atoms with Gasteiger partial charge < -0.3 is 20.1 Å². The second kappa shape index (κ2) is 10.3. The fourth-order valence-corrected chi connectivity index (χ4v) is 1.03. The monoisotopic (exact) mass is 340 g/mol. The van der Waals surface area contributed by atoms with E-state index in [1.54, 1.807) is 55.4 Å². The van der Waals surface area contributed by atoms with Crippen molar-refractivity contribution < 1.29 is 19.1 Å². The number of hydrogen-bond donors (Lipinski definition) is 2. The molecule has 0 spiro atoms. The Hall–Kier alpha value is -2.48. The summed E-state index contributed by atoms with van der Waals surface area (Å²) in [5.41, 5.74) is -1.03. The van der Waals surface area contributed by atoms with E-state index in [1.165, 1.54) is 0 Å².